The molecule has 1 saturated heterocycles. The minimum atomic E-state index is -0.652. The maximum absolute atomic E-state index is 13.9. The molecule has 0 unspecified atom stereocenters. The number of halogens is 2. The minimum absolute atomic E-state index is 0.131. The minimum Gasteiger partial charge on any atom is -0.373 e. The van der Waals surface area contributed by atoms with E-state index in [1.54, 1.807) is 31.5 Å². The third kappa shape index (κ3) is 3.43. The molecular formula is C18H18F2N2O2. The summed E-state index contributed by atoms with van der Waals surface area (Å²) in [6.45, 7) is 1.90. The first-order chi connectivity index (χ1) is 11.6. The molecule has 0 spiro atoms. The molecule has 0 saturated carbocycles. The summed E-state index contributed by atoms with van der Waals surface area (Å²) in [5, 5.41) is 2.63. The first-order valence-electron chi connectivity index (χ1n) is 7.80. The SMILES string of the molecule is Cc1cc(F)c(CNC(=O)[C@@H]2CCO[C@H]2c2ccncc2)c(F)c1. The van der Waals surface area contributed by atoms with Gasteiger partial charge in [0.25, 0.3) is 0 Å². The maximum Gasteiger partial charge on any atom is 0.226 e. The molecule has 24 heavy (non-hydrogen) atoms. The second kappa shape index (κ2) is 7.05. The van der Waals surface area contributed by atoms with Crippen LogP contribution in [0.2, 0.25) is 0 Å². The molecule has 2 aromatic rings. The fourth-order valence-corrected chi connectivity index (χ4v) is 2.94. The maximum atomic E-state index is 13.9. The van der Waals surface area contributed by atoms with Crippen LogP contribution in [0.3, 0.4) is 0 Å². The van der Waals surface area contributed by atoms with Crippen LogP contribution >= 0.6 is 0 Å². The van der Waals surface area contributed by atoms with Gasteiger partial charge in [0, 0.05) is 31.1 Å². The van der Waals surface area contributed by atoms with Crippen LogP contribution in [0.4, 0.5) is 8.78 Å². The van der Waals surface area contributed by atoms with Crippen molar-refractivity contribution in [3.05, 3.63) is 65.0 Å². The number of aryl methyl sites for hydroxylation is 1. The molecular weight excluding hydrogens is 314 g/mol. The number of nitrogens with one attached hydrogen (secondary N) is 1. The summed E-state index contributed by atoms with van der Waals surface area (Å²) < 4.78 is 33.4. The number of nitrogens with zero attached hydrogens (tertiary/aromatic N) is 1. The summed E-state index contributed by atoms with van der Waals surface area (Å²) >= 11 is 0. The second-order valence-electron chi connectivity index (χ2n) is 5.89. The molecule has 1 aromatic heterocycles. The number of amides is 1. The lowest BCUT2D eigenvalue weighted by atomic mass is 9.95. The lowest BCUT2D eigenvalue weighted by Crippen LogP contribution is -2.32. The molecule has 1 N–H and O–H groups in total. The Labute approximate surface area is 138 Å². The van der Waals surface area contributed by atoms with Crippen molar-refractivity contribution in [3.8, 4) is 0 Å². The normalized spacial score (nSPS) is 20.1. The average Bonchev–Trinajstić information content (AvgIpc) is 3.04. The summed E-state index contributed by atoms with van der Waals surface area (Å²) in [6.07, 6.45) is 3.49. The monoisotopic (exact) mass is 332 g/mol. The van der Waals surface area contributed by atoms with Crippen molar-refractivity contribution in [2.75, 3.05) is 6.61 Å². The van der Waals surface area contributed by atoms with Crippen molar-refractivity contribution in [1.82, 2.24) is 10.3 Å². The molecule has 1 aliphatic heterocycles. The highest BCUT2D eigenvalue weighted by atomic mass is 19.1. The number of hydrogen-bond donors (Lipinski definition) is 1. The van der Waals surface area contributed by atoms with Crippen molar-refractivity contribution in [2.45, 2.75) is 26.0 Å². The Morgan fingerprint density at radius 1 is 1.29 bits per heavy atom. The predicted octanol–water partition coefficient (Wildman–Crippen LogP) is 3.06. The highest BCUT2D eigenvalue weighted by Gasteiger charge is 2.35. The van der Waals surface area contributed by atoms with Gasteiger partial charge in [-0.1, -0.05) is 0 Å². The van der Waals surface area contributed by atoms with Crippen molar-refractivity contribution in [3.63, 3.8) is 0 Å². The highest BCUT2D eigenvalue weighted by molar-refractivity contribution is 5.79. The average molecular weight is 332 g/mol. The van der Waals surface area contributed by atoms with Crippen molar-refractivity contribution in [1.29, 1.82) is 0 Å². The molecule has 0 aliphatic carbocycles. The summed E-state index contributed by atoms with van der Waals surface area (Å²) in [5.74, 6) is -1.96. The molecule has 1 amide bonds. The molecule has 4 nitrogen and oxygen atoms in total. The van der Waals surface area contributed by atoms with E-state index < -0.39 is 11.6 Å². The molecule has 1 fully saturated rings. The van der Waals surface area contributed by atoms with Crippen LogP contribution in [0.15, 0.2) is 36.7 Å². The number of benzene rings is 1. The Balaban J connectivity index is 1.69. The van der Waals surface area contributed by atoms with Gasteiger partial charge >= 0.3 is 0 Å². The molecule has 126 valence electrons. The molecule has 6 heteroatoms. The van der Waals surface area contributed by atoms with E-state index in [4.69, 9.17) is 4.74 Å². The topological polar surface area (TPSA) is 51.2 Å². The van der Waals surface area contributed by atoms with E-state index in [9.17, 15) is 13.6 Å². The molecule has 1 aromatic carbocycles. The standard InChI is InChI=1S/C18H18F2N2O2/c1-11-8-15(19)14(16(20)9-11)10-22-18(23)13-4-7-24-17(13)12-2-5-21-6-3-12/h2-3,5-6,8-9,13,17H,4,7,10H2,1H3,(H,22,23)/t13-,17+/m1/s1. The van der Waals surface area contributed by atoms with E-state index in [2.05, 4.69) is 10.3 Å². The number of carbonyl (C=O) groups excluding carboxylic acids is 1. The van der Waals surface area contributed by atoms with Gasteiger partial charge in [-0.2, -0.15) is 0 Å². The third-order valence-electron chi connectivity index (χ3n) is 4.19. The predicted molar refractivity (Wildman–Crippen MR) is 84.0 cm³/mol. The Morgan fingerprint density at radius 3 is 2.62 bits per heavy atom. The van der Waals surface area contributed by atoms with Crippen LogP contribution in [0, 0.1) is 24.5 Å². The fraction of sp³-hybridized carbons (Fsp3) is 0.333. The van der Waals surface area contributed by atoms with Crippen molar-refractivity contribution >= 4 is 5.91 Å². The summed E-state index contributed by atoms with van der Waals surface area (Å²) in [4.78, 5) is 16.4. The van der Waals surface area contributed by atoms with Gasteiger partial charge in [0.15, 0.2) is 0 Å². The zero-order chi connectivity index (χ0) is 17.1. The number of aromatic nitrogens is 1. The smallest absolute Gasteiger partial charge is 0.226 e. The quantitative estimate of drug-likeness (QED) is 0.936. The van der Waals surface area contributed by atoms with Crippen LogP contribution < -0.4 is 5.32 Å². The van der Waals surface area contributed by atoms with Crippen LogP contribution in [0.25, 0.3) is 0 Å². The first kappa shape index (κ1) is 16.5. The number of carbonyl (C=O) groups is 1. The Hall–Kier alpha value is -2.34. The van der Waals surface area contributed by atoms with Gasteiger partial charge in [-0.05, 0) is 48.7 Å². The van der Waals surface area contributed by atoms with Crippen LogP contribution in [-0.2, 0) is 16.1 Å². The van der Waals surface area contributed by atoms with Gasteiger partial charge in [0.2, 0.25) is 5.91 Å². The zero-order valence-corrected chi connectivity index (χ0v) is 13.3. The Kier molecular flexibility index (Phi) is 4.85. The van der Waals surface area contributed by atoms with E-state index in [0.717, 1.165) is 5.56 Å². The zero-order valence-electron chi connectivity index (χ0n) is 13.3. The molecule has 1 aliphatic rings. The first-order valence-corrected chi connectivity index (χ1v) is 7.80. The molecule has 2 heterocycles. The second-order valence-corrected chi connectivity index (χ2v) is 5.89. The highest BCUT2D eigenvalue weighted by Crippen LogP contribution is 2.34. The Bertz CT molecular complexity index is 714. The van der Waals surface area contributed by atoms with Gasteiger partial charge in [0.05, 0.1) is 12.0 Å². The van der Waals surface area contributed by atoms with Gasteiger partial charge in [0.1, 0.15) is 11.6 Å². The number of hydrogen-bond acceptors (Lipinski definition) is 3. The summed E-state index contributed by atoms with van der Waals surface area (Å²) in [7, 11) is 0. The molecule has 2 atom stereocenters. The Morgan fingerprint density at radius 2 is 1.96 bits per heavy atom. The van der Waals surface area contributed by atoms with Crippen molar-refractivity contribution in [2.24, 2.45) is 5.92 Å². The largest absolute Gasteiger partial charge is 0.373 e. The lowest BCUT2D eigenvalue weighted by Gasteiger charge is -2.18. The van der Waals surface area contributed by atoms with Crippen LogP contribution in [-0.4, -0.2) is 17.5 Å². The van der Waals surface area contributed by atoms with Gasteiger partial charge in [-0.15, -0.1) is 0 Å². The van der Waals surface area contributed by atoms with E-state index >= 15 is 0 Å². The van der Waals surface area contributed by atoms with Gasteiger partial charge in [-0.3, -0.25) is 9.78 Å². The van der Waals surface area contributed by atoms with Gasteiger partial charge < -0.3 is 10.1 Å². The van der Waals surface area contributed by atoms with E-state index in [0.29, 0.717) is 18.6 Å². The van der Waals surface area contributed by atoms with Gasteiger partial charge in [-0.25, -0.2) is 8.78 Å². The molecule has 0 bridgehead atoms. The molecule has 0 radical (unpaired) electrons. The lowest BCUT2D eigenvalue weighted by molar-refractivity contribution is -0.127. The third-order valence-corrected chi connectivity index (χ3v) is 4.19. The number of ether oxygens (including phenoxy) is 1. The van der Waals surface area contributed by atoms with Crippen molar-refractivity contribution < 1.29 is 18.3 Å². The fourth-order valence-electron chi connectivity index (χ4n) is 2.94. The number of pyridine rings is 1. The summed E-state index contributed by atoms with van der Waals surface area (Å²) in [5.41, 5.74) is 1.24. The van der Waals surface area contributed by atoms with Crippen LogP contribution in [0.1, 0.15) is 29.2 Å². The van der Waals surface area contributed by atoms with E-state index in [1.165, 1.54) is 12.1 Å². The number of rotatable bonds is 4. The van der Waals surface area contributed by atoms with E-state index in [-0.39, 0.29) is 30.0 Å². The molecule has 3 rings (SSSR count). The van der Waals surface area contributed by atoms with Crippen LogP contribution in [0.5, 0.6) is 0 Å². The van der Waals surface area contributed by atoms with E-state index in [1.807, 2.05) is 0 Å². The summed E-state index contributed by atoms with van der Waals surface area (Å²) in [6, 6.07) is 6.11.